The molecule has 0 amide bonds. The highest BCUT2D eigenvalue weighted by Crippen LogP contribution is 2.44. The van der Waals surface area contributed by atoms with Crippen LogP contribution < -0.4 is 10.0 Å². The van der Waals surface area contributed by atoms with Crippen molar-refractivity contribution in [1.82, 2.24) is 9.71 Å². The molecular formula is C13H19N3O2S. The molecule has 2 aliphatic rings. The lowest BCUT2D eigenvalue weighted by Gasteiger charge is -2.22. The number of nitrogens with zero attached hydrogens (tertiary/aromatic N) is 1. The van der Waals surface area contributed by atoms with E-state index in [-0.39, 0.29) is 10.9 Å². The van der Waals surface area contributed by atoms with Crippen LogP contribution in [0.2, 0.25) is 0 Å². The van der Waals surface area contributed by atoms with Crippen LogP contribution in [0.4, 0.5) is 5.82 Å². The lowest BCUT2D eigenvalue weighted by molar-refractivity contribution is 0.390. The Kier molecular flexibility index (Phi) is 3.22. The summed E-state index contributed by atoms with van der Waals surface area (Å²) in [6.07, 6.45) is 6.12. The van der Waals surface area contributed by atoms with Gasteiger partial charge in [0.2, 0.25) is 10.0 Å². The predicted molar refractivity (Wildman–Crippen MR) is 73.3 cm³/mol. The van der Waals surface area contributed by atoms with E-state index in [1.165, 1.54) is 25.1 Å². The highest BCUT2D eigenvalue weighted by molar-refractivity contribution is 7.89. The Balaban J connectivity index is 1.78. The molecule has 2 saturated carbocycles. The monoisotopic (exact) mass is 281 g/mol. The molecule has 2 bridgehead atoms. The summed E-state index contributed by atoms with van der Waals surface area (Å²) in [6, 6.07) is 3.22. The van der Waals surface area contributed by atoms with Gasteiger partial charge in [0.05, 0.1) is 4.90 Å². The SMILES string of the molecule is CNc1cc(S(=O)(=O)NC2CC3CCC2C3)ccn1. The second-order valence-electron chi connectivity index (χ2n) is 5.53. The van der Waals surface area contributed by atoms with Gasteiger partial charge < -0.3 is 5.32 Å². The van der Waals surface area contributed by atoms with E-state index >= 15 is 0 Å². The molecule has 1 aromatic rings. The molecule has 0 saturated heterocycles. The van der Waals surface area contributed by atoms with Gasteiger partial charge in [0, 0.05) is 25.4 Å². The van der Waals surface area contributed by atoms with Gasteiger partial charge in [-0.15, -0.1) is 0 Å². The predicted octanol–water partition coefficient (Wildman–Crippen LogP) is 1.59. The first kappa shape index (κ1) is 12.9. The van der Waals surface area contributed by atoms with E-state index in [1.807, 2.05) is 0 Å². The van der Waals surface area contributed by atoms with Crippen LogP contribution in [-0.4, -0.2) is 26.5 Å². The van der Waals surface area contributed by atoms with E-state index in [0.717, 1.165) is 18.8 Å². The number of aromatic nitrogens is 1. The van der Waals surface area contributed by atoms with E-state index in [4.69, 9.17) is 0 Å². The minimum atomic E-state index is -3.43. The molecule has 1 aromatic heterocycles. The molecule has 0 radical (unpaired) electrons. The smallest absolute Gasteiger partial charge is 0.241 e. The van der Waals surface area contributed by atoms with Crippen LogP contribution in [0.5, 0.6) is 0 Å². The molecule has 3 atom stereocenters. The maximum Gasteiger partial charge on any atom is 0.241 e. The number of nitrogens with one attached hydrogen (secondary N) is 2. The molecular weight excluding hydrogens is 262 g/mol. The second-order valence-corrected chi connectivity index (χ2v) is 7.24. The van der Waals surface area contributed by atoms with Gasteiger partial charge in [-0.3, -0.25) is 0 Å². The first-order valence-corrected chi connectivity index (χ1v) is 8.23. The molecule has 0 spiro atoms. The standard InChI is InChI=1S/C13H19N3O2S/c1-14-13-8-11(4-5-15-13)19(17,18)16-12-7-9-2-3-10(12)6-9/h4-5,8-10,12,16H,2-3,6-7H2,1H3,(H,14,15). The van der Waals surface area contributed by atoms with E-state index < -0.39 is 10.0 Å². The Hall–Kier alpha value is -1.14. The lowest BCUT2D eigenvalue weighted by Crippen LogP contribution is -2.38. The lowest BCUT2D eigenvalue weighted by atomic mass is 9.96. The molecule has 2 aliphatic carbocycles. The Morgan fingerprint density at radius 2 is 2.16 bits per heavy atom. The molecule has 104 valence electrons. The summed E-state index contributed by atoms with van der Waals surface area (Å²) in [4.78, 5) is 4.32. The van der Waals surface area contributed by atoms with Crippen molar-refractivity contribution in [3.8, 4) is 0 Å². The van der Waals surface area contributed by atoms with Gasteiger partial charge in [0.25, 0.3) is 0 Å². The number of rotatable bonds is 4. The summed E-state index contributed by atoms with van der Waals surface area (Å²) >= 11 is 0. The van der Waals surface area contributed by atoms with Crippen LogP contribution in [0.15, 0.2) is 23.2 Å². The van der Waals surface area contributed by atoms with Gasteiger partial charge in [-0.25, -0.2) is 18.1 Å². The zero-order valence-corrected chi connectivity index (χ0v) is 11.8. The van der Waals surface area contributed by atoms with Crippen molar-refractivity contribution in [2.24, 2.45) is 11.8 Å². The maximum atomic E-state index is 12.4. The fraction of sp³-hybridized carbons (Fsp3) is 0.615. The van der Waals surface area contributed by atoms with Crippen molar-refractivity contribution in [2.75, 3.05) is 12.4 Å². The first-order valence-electron chi connectivity index (χ1n) is 6.74. The first-order chi connectivity index (χ1) is 9.08. The van der Waals surface area contributed by atoms with Crippen LogP contribution >= 0.6 is 0 Å². The normalized spacial score (nSPS) is 29.6. The van der Waals surface area contributed by atoms with Crippen LogP contribution in [0.1, 0.15) is 25.7 Å². The molecule has 3 rings (SSSR count). The molecule has 3 unspecified atom stereocenters. The van der Waals surface area contributed by atoms with Gasteiger partial charge in [-0.2, -0.15) is 0 Å². The number of anilines is 1. The summed E-state index contributed by atoms with van der Waals surface area (Å²) in [6.45, 7) is 0. The van der Waals surface area contributed by atoms with Crippen molar-refractivity contribution in [2.45, 2.75) is 36.6 Å². The molecule has 0 aliphatic heterocycles. The van der Waals surface area contributed by atoms with Crippen LogP contribution in [0.25, 0.3) is 0 Å². The van der Waals surface area contributed by atoms with Crippen molar-refractivity contribution < 1.29 is 8.42 Å². The van der Waals surface area contributed by atoms with Gasteiger partial charge >= 0.3 is 0 Å². The molecule has 19 heavy (non-hydrogen) atoms. The van der Waals surface area contributed by atoms with Crippen molar-refractivity contribution in [3.63, 3.8) is 0 Å². The minimum Gasteiger partial charge on any atom is -0.373 e. The molecule has 2 fully saturated rings. The van der Waals surface area contributed by atoms with Crippen LogP contribution in [0.3, 0.4) is 0 Å². The molecule has 1 heterocycles. The van der Waals surface area contributed by atoms with Gasteiger partial charge in [0.1, 0.15) is 5.82 Å². The number of fused-ring (bicyclic) bond motifs is 2. The van der Waals surface area contributed by atoms with Crippen LogP contribution in [-0.2, 0) is 10.0 Å². The Bertz CT molecular complexity index is 573. The van der Waals surface area contributed by atoms with Gasteiger partial charge in [-0.05, 0) is 37.2 Å². The highest BCUT2D eigenvalue weighted by Gasteiger charge is 2.41. The summed E-state index contributed by atoms with van der Waals surface area (Å²) in [5, 5.41) is 2.86. The van der Waals surface area contributed by atoms with E-state index in [1.54, 1.807) is 13.1 Å². The van der Waals surface area contributed by atoms with E-state index in [0.29, 0.717) is 11.7 Å². The van der Waals surface area contributed by atoms with E-state index in [9.17, 15) is 8.42 Å². The Labute approximate surface area is 113 Å². The number of hydrogen-bond donors (Lipinski definition) is 2. The second kappa shape index (κ2) is 4.76. The summed E-state index contributed by atoms with van der Waals surface area (Å²) in [5.41, 5.74) is 0. The summed E-state index contributed by atoms with van der Waals surface area (Å²) < 4.78 is 27.6. The van der Waals surface area contributed by atoms with Crippen molar-refractivity contribution in [3.05, 3.63) is 18.3 Å². The summed E-state index contributed by atoms with van der Waals surface area (Å²) in [7, 11) is -1.70. The molecule has 0 aromatic carbocycles. The highest BCUT2D eigenvalue weighted by atomic mass is 32.2. The Morgan fingerprint density at radius 1 is 1.32 bits per heavy atom. The van der Waals surface area contributed by atoms with Crippen molar-refractivity contribution >= 4 is 15.8 Å². The third-order valence-electron chi connectivity index (χ3n) is 4.34. The Morgan fingerprint density at radius 3 is 2.79 bits per heavy atom. The topological polar surface area (TPSA) is 71.1 Å². The average molecular weight is 281 g/mol. The minimum absolute atomic E-state index is 0.120. The number of pyridine rings is 1. The number of hydrogen-bond acceptors (Lipinski definition) is 4. The quantitative estimate of drug-likeness (QED) is 0.879. The zero-order valence-electron chi connectivity index (χ0n) is 11.0. The molecule has 5 nitrogen and oxygen atoms in total. The fourth-order valence-corrected chi connectivity index (χ4v) is 4.70. The number of sulfonamides is 1. The largest absolute Gasteiger partial charge is 0.373 e. The van der Waals surface area contributed by atoms with E-state index in [2.05, 4.69) is 15.0 Å². The van der Waals surface area contributed by atoms with Crippen LogP contribution in [0, 0.1) is 11.8 Å². The zero-order chi connectivity index (χ0) is 13.5. The summed E-state index contributed by atoms with van der Waals surface area (Å²) in [5.74, 6) is 1.82. The third kappa shape index (κ3) is 2.47. The van der Waals surface area contributed by atoms with Gasteiger partial charge in [-0.1, -0.05) is 6.42 Å². The average Bonchev–Trinajstić information content (AvgIpc) is 3.00. The maximum absolute atomic E-state index is 12.4. The fourth-order valence-electron chi connectivity index (χ4n) is 3.37. The van der Waals surface area contributed by atoms with Gasteiger partial charge in [0.15, 0.2) is 0 Å². The molecule has 2 N–H and O–H groups in total. The van der Waals surface area contributed by atoms with Crippen molar-refractivity contribution in [1.29, 1.82) is 0 Å². The third-order valence-corrected chi connectivity index (χ3v) is 5.83. The molecule has 6 heteroatoms.